The molecule has 5 heterocycles. The van der Waals surface area contributed by atoms with Crippen LogP contribution in [0.4, 0.5) is 9.59 Å². The Hall–Kier alpha value is -6.16. The van der Waals surface area contributed by atoms with Crippen LogP contribution in [0, 0.1) is 23.7 Å². The summed E-state index contributed by atoms with van der Waals surface area (Å²) in [5.41, 5.74) is 6.52. The number of fused-ring (bicyclic) bond motifs is 6. The quantitative estimate of drug-likeness (QED) is 0.0992. The highest BCUT2D eigenvalue weighted by Gasteiger charge is 2.43. The van der Waals surface area contributed by atoms with Crippen molar-refractivity contribution in [2.45, 2.75) is 84.7 Å². The first kappa shape index (κ1) is 43.5. The van der Waals surface area contributed by atoms with Crippen LogP contribution in [0.5, 0.6) is 5.75 Å². The number of aromatic nitrogens is 4. The number of likely N-dealkylation sites (tertiary alicyclic amines) is 2. The summed E-state index contributed by atoms with van der Waals surface area (Å²) in [4.78, 5) is 73.0. The summed E-state index contributed by atoms with van der Waals surface area (Å²) < 4.78 is 21.6. The number of ether oxygens (including phenoxy) is 4. The highest BCUT2D eigenvalue weighted by Crippen LogP contribution is 2.44. The maximum Gasteiger partial charge on any atom is 0.407 e. The lowest BCUT2D eigenvalue weighted by molar-refractivity contribution is -0.136. The smallest absolute Gasteiger partial charge is 0.407 e. The van der Waals surface area contributed by atoms with Crippen LogP contribution in [0.1, 0.15) is 83.2 Å². The van der Waals surface area contributed by atoms with Crippen molar-refractivity contribution in [1.29, 1.82) is 0 Å². The molecule has 4 N–H and O–H groups in total. The Labute approximate surface area is 366 Å². The van der Waals surface area contributed by atoms with Gasteiger partial charge < -0.3 is 49.3 Å². The van der Waals surface area contributed by atoms with E-state index in [0.717, 1.165) is 68.3 Å². The van der Waals surface area contributed by atoms with Gasteiger partial charge in [-0.05, 0) is 76.9 Å². The zero-order valence-electron chi connectivity index (χ0n) is 37.2. The van der Waals surface area contributed by atoms with E-state index in [0.29, 0.717) is 44.4 Å². The van der Waals surface area contributed by atoms with Gasteiger partial charge in [0.2, 0.25) is 11.8 Å². The standard InChI is InChI=1S/C47H58N8O8/c1-9-26(5)40(53-47(59)62-8)45(57)54-20-25(4)14-36(54)42-48-19-35(50-42)29-10-12-31-30(16-29)23-63-38-18-32-28(17-33(31)38)11-13-34-41(32)51-43(49-34)37-15-27(22-60-6)21-55(37)44(56)39(24(2)3)52-46(58)61-7/h10-13,16-19,24-27,36-37,39-40H,9,14-15,20-23H2,1-8H3,(H,48,50)(H,49,51)(H,52,58)(H,53,59)/t25-,26?,27?,36?,37-,39-,40-/m0/s1. The Balaban J connectivity index is 1.05. The van der Waals surface area contributed by atoms with Crippen LogP contribution < -0.4 is 15.4 Å². The minimum atomic E-state index is -0.762. The lowest BCUT2D eigenvalue weighted by atomic mass is 9.92. The number of nitrogens with zero attached hydrogens (tertiary/aromatic N) is 4. The van der Waals surface area contributed by atoms with Crippen LogP contribution in [0.15, 0.2) is 48.7 Å². The monoisotopic (exact) mass is 862 g/mol. The summed E-state index contributed by atoms with van der Waals surface area (Å²) in [6.45, 7) is 11.8. The molecule has 0 spiro atoms. The van der Waals surface area contributed by atoms with E-state index < -0.39 is 24.3 Å². The van der Waals surface area contributed by atoms with Gasteiger partial charge in [-0.25, -0.2) is 19.6 Å². The number of imidazole rings is 2. The number of hydrogen-bond acceptors (Lipinski definition) is 10. The zero-order chi connectivity index (χ0) is 44.7. The molecule has 334 valence electrons. The van der Waals surface area contributed by atoms with Gasteiger partial charge >= 0.3 is 12.2 Å². The molecule has 3 unspecified atom stereocenters. The Morgan fingerprint density at radius 1 is 0.857 bits per heavy atom. The maximum atomic E-state index is 14.1. The summed E-state index contributed by atoms with van der Waals surface area (Å²) in [5, 5.41) is 7.47. The molecule has 2 saturated heterocycles. The molecule has 3 aliphatic rings. The van der Waals surface area contributed by atoms with E-state index in [1.165, 1.54) is 14.2 Å². The van der Waals surface area contributed by atoms with Gasteiger partial charge in [-0.15, -0.1) is 0 Å². The molecule has 0 bridgehead atoms. The first-order chi connectivity index (χ1) is 30.3. The second-order valence-electron chi connectivity index (χ2n) is 17.8. The van der Waals surface area contributed by atoms with Crippen molar-refractivity contribution in [3.8, 4) is 28.1 Å². The third-order valence-electron chi connectivity index (χ3n) is 13.1. The molecule has 2 aromatic heterocycles. The second kappa shape index (κ2) is 17.9. The van der Waals surface area contributed by atoms with Crippen LogP contribution in [-0.4, -0.2) is 107 Å². The van der Waals surface area contributed by atoms with Gasteiger partial charge in [0.25, 0.3) is 0 Å². The van der Waals surface area contributed by atoms with Gasteiger partial charge in [0.1, 0.15) is 36.1 Å². The first-order valence-electron chi connectivity index (χ1n) is 21.9. The molecule has 8 rings (SSSR count). The number of aromatic amines is 2. The van der Waals surface area contributed by atoms with E-state index in [4.69, 9.17) is 28.9 Å². The summed E-state index contributed by atoms with van der Waals surface area (Å²) in [6.07, 6.45) is 2.67. The number of carbonyl (C=O) groups is 4. The van der Waals surface area contributed by atoms with E-state index >= 15 is 0 Å². The largest absolute Gasteiger partial charge is 0.488 e. The fourth-order valence-corrected chi connectivity index (χ4v) is 9.55. The van der Waals surface area contributed by atoms with Gasteiger partial charge in [0.15, 0.2) is 0 Å². The Bertz CT molecular complexity index is 2530. The number of H-pyrrole nitrogens is 2. The van der Waals surface area contributed by atoms with Crippen LogP contribution in [0.3, 0.4) is 0 Å². The third-order valence-corrected chi connectivity index (χ3v) is 13.1. The van der Waals surface area contributed by atoms with E-state index in [-0.39, 0.29) is 47.6 Å². The first-order valence-corrected chi connectivity index (χ1v) is 21.9. The van der Waals surface area contributed by atoms with Crippen molar-refractivity contribution < 1.29 is 38.1 Å². The minimum Gasteiger partial charge on any atom is -0.488 e. The van der Waals surface area contributed by atoms with E-state index in [9.17, 15) is 19.2 Å². The molecule has 63 heavy (non-hydrogen) atoms. The number of alkyl carbamates (subject to hydrolysis) is 2. The molecule has 4 amide bonds. The summed E-state index contributed by atoms with van der Waals surface area (Å²) in [5.74, 6) is 1.93. The zero-order valence-corrected chi connectivity index (χ0v) is 37.2. The number of carbonyl (C=O) groups excluding carboxylic acids is 4. The maximum absolute atomic E-state index is 14.1. The Morgan fingerprint density at radius 2 is 1.57 bits per heavy atom. The van der Waals surface area contributed by atoms with Gasteiger partial charge in [0, 0.05) is 37.1 Å². The highest BCUT2D eigenvalue weighted by molar-refractivity contribution is 6.07. The van der Waals surface area contributed by atoms with E-state index in [1.807, 2.05) is 49.8 Å². The molecule has 2 fully saturated rings. The normalized spacial score (nSPS) is 20.8. The molecule has 7 atom stereocenters. The molecule has 0 saturated carbocycles. The van der Waals surface area contributed by atoms with Gasteiger partial charge in [0.05, 0.1) is 55.8 Å². The second-order valence-corrected chi connectivity index (χ2v) is 17.8. The van der Waals surface area contributed by atoms with E-state index in [1.54, 1.807) is 7.11 Å². The van der Waals surface area contributed by atoms with Crippen molar-refractivity contribution in [3.63, 3.8) is 0 Å². The summed E-state index contributed by atoms with van der Waals surface area (Å²) >= 11 is 0. The van der Waals surface area contributed by atoms with Crippen molar-refractivity contribution in [1.82, 2.24) is 40.4 Å². The van der Waals surface area contributed by atoms with Crippen molar-refractivity contribution in [3.05, 3.63) is 65.9 Å². The number of methoxy groups -OCH3 is 3. The fourth-order valence-electron chi connectivity index (χ4n) is 9.55. The van der Waals surface area contributed by atoms with Crippen LogP contribution >= 0.6 is 0 Å². The molecule has 16 heteroatoms. The van der Waals surface area contributed by atoms with Crippen molar-refractivity contribution in [2.75, 3.05) is 41.0 Å². The Morgan fingerprint density at radius 3 is 2.29 bits per heavy atom. The molecule has 5 aromatic rings. The molecule has 3 aromatic carbocycles. The number of hydrogen-bond donors (Lipinski definition) is 4. The predicted octanol–water partition coefficient (Wildman–Crippen LogP) is 7.26. The summed E-state index contributed by atoms with van der Waals surface area (Å²) in [6, 6.07) is 12.5. The third kappa shape index (κ3) is 8.40. The highest BCUT2D eigenvalue weighted by atomic mass is 16.5. The molecule has 0 radical (unpaired) electrons. The molecular weight excluding hydrogens is 805 g/mol. The molecule has 16 nitrogen and oxygen atoms in total. The molecule has 3 aliphatic heterocycles. The molecule has 0 aliphatic carbocycles. The average Bonchev–Trinajstić information content (AvgIpc) is 4.11. The van der Waals surface area contributed by atoms with Crippen LogP contribution in [-0.2, 0) is 30.4 Å². The van der Waals surface area contributed by atoms with Crippen LogP contribution in [0.25, 0.3) is 44.2 Å². The lowest BCUT2D eigenvalue weighted by Crippen LogP contribution is -2.51. The molecular formula is C47H58N8O8. The summed E-state index contributed by atoms with van der Waals surface area (Å²) in [7, 11) is 4.25. The van der Waals surface area contributed by atoms with E-state index in [2.05, 4.69) is 63.9 Å². The number of benzene rings is 3. The van der Waals surface area contributed by atoms with Crippen molar-refractivity contribution >= 4 is 45.8 Å². The predicted molar refractivity (Wildman–Crippen MR) is 237 cm³/mol. The van der Waals surface area contributed by atoms with Gasteiger partial charge in [-0.1, -0.05) is 59.2 Å². The topological polar surface area (TPSA) is 193 Å². The number of nitrogens with one attached hydrogen (secondary N) is 4. The number of rotatable bonds is 12. The van der Waals surface area contributed by atoms with Gasteiger partial charge in [-0.2, -0.15) is 0 Å². The average molecular weight is 863 g/mol. The minimum absolute atomic E-state index is 0.0789. The van der Waals surface area contributed by atoms with Gasteiger partial charge in [-0.3, -0.25) is 9.59 Å². The Kier molecular flexibility index (Phi) is 12.4. The van der Waals surface area contributed by atoms with Crippen molar-refractivity contribution in [2.24, 2.45) is 23.7 Å². The number of amides is 4. The lowest BCUT2D eigenvalue weighted by Gasteiger charge is -2.30. The van der Waals surface area contributed by atoms with Crippen LogP contribution in [0.2, 0.25) is 0 Å². The SMILES string of the molecule is CCC(C)[C@H](NC(=O)OC)C(=O)N1C[C@@H](C)CC1c1ncc(-c2ccc3c(c2)COc2cc4c(ccc5nc([C@@H]6CC(COC)CN6C(=O)[C@@H](NC(=O)OC)C(C)C)[nH]c54)cc2-3)[nH]1. The fraction of sp³-hybridized carbons (Fsp3) is 0.489.